The molecular weight excluding hydrogens is 495 g/mol. The van der Waals surface area contributed by atoms with Gasteiger partial charge in [0.1, 0.15) is 28.7 Å². The monoisotopic (exact) mass is 528 g/mol. The Morgan fingerprint density at radius 2 is 1.79 bits per heavy atom. The highest BCUT2D eigenvalue weighted by Crippen LogP contribution is 2.52. The van der Waals surface area contributed by atoms with E-state index in [9.17, 15) is 34.8 Å². The average Bonchev–Trinajstić information content (AvgIpc) is 3.13. The predicted molar refractivity (Wildman–Crippen MR) is 134 cm³/mol. The molecule has 38 heavy (non-hydrogen) atoms. The van der Waals surface area contributed by atoms with Crippen LogP contribution in [0.4, 0.5) is 4.39 Å². The summed E-state index contributed by atoms with van der Waals surface area (Å²) in [6.45, 7) is 0.928. The number of nitrogens with one attached hydrogen (secondary N) is 1. The third-order valence-electron chi connectivity index (χ3n) is 8.80. The Morgan fingerprint density at radius 3 is 2.45 bits per heavy atom. The number of fused-ring (bicyclic) bond motifs is 3. The van der Waals surface area contributed by atoms with E-state index in [4.69, 9.17) is 5.73 Å². The van der Waals surface area contributed by atoms with Gasteiger partial charge in [0.05, 0.1) is 5.56 Å². The summed E-state index contributed by atoms with van der Waals surface area (Å²) in [6.07, 6.45) is 6.61. The van der Waals surface area contributed by atoms with E-state index < -0.39 is 70.0 Å². The second-order valence-corrected chi connectivity index (χ2v) is 11.1. The van der Waals surface area contributed by atoms with Crippen molar-refractivity contribution >= 4 is 23.2 Å². The first-order valence-electron chi connectivity index (χ1n) is 13.3. The lowest BCUT2D eigenvalue weighted by molar-refractivity contribution is -0.147. The van der Waals surface area contributed by atoms with Crippen LogP contribution in [0.15, 0.2) is 23.0 Å². The van der Waals surface area contributed by atoms with E-state index >= 15 is 4.39 Å². The molecule has 2 saturated carbocycles. The van der Waals surface area contributed by atoms with Crippen LogP contribution in [-0.2, 0) is 27.3 Å². The molecule has 0 aromatic heterocycles. The molecule has 4 aliphatic rings. The summed E-state index contributed by atoms with van der Waals surface area (Å²) in [5.74, 6) is -7.32. The zero-order chi connectivity index (χ0) is 27.4. The maximum Gasteiger partial charge on any atom is 0.255 e. The molecule has 1 amide bonds. The SMILES string of the molecule is NC(=O)C1=C(O)[C@@]2(O)C(=O)C3=C(O)c4c(O)cc(CNCC5CCCCCC5)c(F)c4CC3C[C@H]2CC1=O. The highest BCUT2D eigenvalue weighted by Gasteiger charge is 2.60. The van der Waals surface area contributed by atoms with Crippen LogP contribution in [-0.4, -0.2) is 50.0 Å². The fourth-order valence-corrected chi connectivity index (χ4v) is 6.83. The molecule has 5 rings (SSSR count). The lowest BCUT2D eigenvalue weighted by atomic mass is 9.59. The quantitative estimate of drug-likeness (QED) is 0.250. The van der Waals surface area contributed by atoms with Crippen molar-refractivity contribution in [3.8, 4) is 5.75 Å². The zero-order valence-corrected chi connectivity index (χ0v) is 21.1. The van der Waals surface area contributed by atoms with Crippen molar-refractivity contribution in [2.24, 2.45) is 23.5 Å². The molecule has 0 bridgehead atoms. The minimum absolute atomic E-state index is 0.0344. The van der Waals surface area contributed by atoms with Crippen LogP contribution in [0.1, 0.15) is 68.1 Å². The second kappa shape index (κ2) is 9.81. The van der Waals surface area contributed by atoms with Crippen LogP contribution >= 0.6 is 0 Å². The third kappa shape index (κ3) is 4.10. The average molecular weight is 529 g/mol. The van der Waals surface area contributed by atoms with E-state index in [0.29, 0.717) is 5.92 Å². The minimum atomic E-state index is -2.63. The molecule has 7 N–H and O–H groups in total. The Labute approximate surface area is 219 Å². The number of carbonyl (C=O) groups excluding carboxylic acids is 3. The van der Waals surface area contributed by atoms with Gasteiger partial charge in [-0.3, -0.25) is 14.4 Å². The number of rotatable bonds is 5. The Morgan fingerprint density at radius 1 is 1.11 bits per heavy atom. The molecule has 204 valence electrons. The van der Waals surface area contributed by atoms with Crippen molar-refractivity contribution in [3.05, 3.63) is 45.5 Å². The summed E-state index contributed by atoms with van der Waals surface area (Å²) in [5.41, 5.74) is 1.49. The Kier molecular flexibility index (Phi) is 6.81. The van der Waals surface area contributed by atoms with Crippen molar-refractivity contribution in [3.63, 3.8) is 0 Å². The van der Waals surface area contributed by atoms with Crippen molar-refractivity contribution in [1.82, 2.24) is 5.32 Å². The first kappa shape index (κ1) is 26.4. The van der Waals surface area contributed by atoms with Gasteiger partial charge in [0.2, 0.25) is 5.78 Å². The number of Topliss-reactive ketones (excluding diaryl/α,β-unsaturated/α-hetero) is 2. The van der Waals surface area contributed by atoms with Gasteiger partial charge in [0.25, 0.3) is 5.91 Å². The molecule has 1 aromatic carbocycles. The maximum atomic E-state index is 15.7. The lowest BCUT2D eigenvalue weighted by Gasteiger charge is -2.46. The Bertz CT molecular complexity index is 1280. The van der Waals surface area contributed by atoms with E-state index in [0.717, 1.165) is 19.4 Å². The van der Waals surface area contributed by atoms with Crippen LogP contribution in [0.5, 0.6) is 5.75 Å². The zero-order valence-electron chi connectivity index (χ0n) is 21.1. The molecule has 4 aliphatic carbocycles. The van der Waals surface area contributed by atoms with Crippen LogP contribution in [0, 0.1) is 23.6 Å². The highest BCUT2D eigenvalue weighted by molar-refractivity contribution is 6.22. The summed E-state index contributed by atoms with van der Waals surface area (Å²) in [7, 11) is 0. The number of phenolic OH excluding ortho intramolecular Hbond substituents is 1. The molecule has 10 heteroatoms. The number of amides is 1. The summed E-state index contributed by atoms with van der Waals surface area (Å²) in [6, 6.07) is 1.22. The molecule has 2 fully saturated rings. The molecule has 1 aromatic rings. The standard InChI is InChI=1S/C28H33FN2O7/c29-23-15(12-31-11-13-5-3-1-2-4-6-13)9-18(32)21-17(23)8-14-7-16-10-19(33)22(27(30)37)26(36)28(16,38)25(35)20(14)24(21)34/h9,13-14,16,31-32,34,36,38H,1-8,10-12H2,(H2,30,37)/t14?,16-,28-/m0/s1. The number of benzene rings is 1. The molecule has 0 aliphatic heterocycles. The molecular formula is C28H33FN2O7. The molecule has 0 saturated heterocycles. The van der Waals surface area contributed by atoms with Crippen molar-refractivity contribution in [1.29, 1.82) is 0 Å². The topological polar surface area (TPSA) is 170 Å². The summed E-state index contributed by atoms with van der Waals surface area (Å²) in [5, 5.41) is 47.0. The summed E-state index contributed by atoms with van der Waals surface area (Å²) >= 11 is 0. The fraction of sp³-hybridized carbons (Fsp3) is 0.536. The van der Waals surface area contributed by atoms with E-state index in [1.165, 1.54) is 31.7 Å². The van der Waals surface area contributed by atoms with E-state index in [-0.39, 0.29) is 41.6 Å². The van der Waals surface area contributed by atoms with Crippen LogP contribution in [0.3, 0.4) is 0 Å². The van der Waals surface area contributed by atoms with Gasteiger partial charge in [0, 0.05) is 35.6 Å². The van der Waals surface area contributed by atoms with Gasteiger partial charge >= 0.3 is 0 Å². The lowest BCUT2D eigenvalue weighted by Crippen LogP contribution is -2.58. The van der Waals surface area contributed by atoms with Crippen LogP contribution < -0.4 is 11.1 Å². The van der Waals surface area contributed by atoms with Gasteiger partial charge in [-0.05, 0) is 50.1 Å². The molecule has 3 atom stereocenters. The molecule has 0 heterocycles. The highest BCUT2D eigenvalue weighted by atomic mass is 19.1. The number of hydrogen-bond acceptors (Lipinski definition) is 8. The largest absolute Gasteiger partial charge is 0.508 e. The van der Waals surface area contributed by atoms with Crippen molar-refractivity contribution < 1.29 is 39.2 Å². The molecule has 0 radical (unpaired) electrons. The smallest absolute Gasteiger partial charge is 0.255 e. The number of nitrogens with two attached hydrogens (primary N) is 1. The normalized spacial score (nSPS) is 28.1. The van der Waals surface area contributed by atoms with Gasteiger partial charge in [-0.15, -0.1) is 0 Å². The first-order chi connectivity index (χ1) is 18.1. The van der Waals surface area contributed by atoms with Crippen LogP contribution in [0.2, 0.25) is 0 Å². The summed E-state index contributed by atoms with van der Waals surface area (Å²) < 4.78 is 15.7. The number of carbonyl (C=O) groups is 3. The van der Waals surface area contributed by atoms with Gasteiger partial charge in [-0.2, -0.15) is 0 Å². The number of aromatic hydroxyl groups is 1. The second-order valence-electron chi connectivity index (χ2n) is 11.1. The van der Waals surface area contributed by atoms with E-state index in [2.05, 4.69) is 5.32 Å². The maximum absolute atomic E-state index is 15.7. The molecule has 9 nitrogen and oxygen atoms in total. The van der Waals surface area contributed by atoms with E-state index in [1.807, 2.05) is 0 Å². The number of hydrogen-bond donors (Lipinski definition) is 6. The van der Waals surface area contributed by atoms with Crippen LogP contribution in [0.25, 0.3) is 5.76 Å². The third-order valence-corrected chi connectivity index (χ3v) is 8.80. The van der Waals surface area contributed by atoms with E-state index in [1.54, 1.807) is 0 Å². The van der Waals surface area contributed by atoms with Gasteiger partial charge in [-0.1, -0.05) is 25.7 Å². The van der Waals surface area contributed by atoms with Gasteiger partial charge < -0.3 is 31.5 Å². The predicted octanol–water partition coefficient (Wildman–Crippen LogP) is 2.62. The molecule has 1 unspecified atom stereocenters. The van der Waals surface area contributed by atoms with Crippen molar-refractivity contribution in [2.75, 3.05) is 6.54 Å². The van der Waals surface area contributed by atoms with Gasteiger partial charge in [0.15, 0.2) is 11.4 Å². The van der Waals surface area contributed by atoms with Gasteiger partial charge in [-0.25, -0.2) is 4.39 Å². The van der Waals surface area contributed by atoms with Crippen molar-refractivity contribution in [2.45, 2.75) is 69.9 Å². The number of halogens is 1. The Hall–Kier alpha value is -3.24. The minimum Gasteiger partial charge on any atom is -0.508 e. The fourth-order valence-electron chi connectivity index (χ4n) is 6.83. The molecule has 0 spiro atoms. The number of aliphatic hydroxyl groups is 3. The first-order valence-corrected chi connectivity index (χ1v) is 13.3. The Balaban J connectivity index is 1.47. The summed E-state index contributed by atoms with van der Waals surface area (Å²) in [4.78, 5) is 37.7. The number of aliphatic hydroxyl groups excluding tert-OH is 2. The number of primary amides is 1. The number of ketones is 2. The number of phenols is 1.